The number of oxazole rings is 1. The molecule has 0 aliphatic carbocycles. The Morgan fingerprint density at radius 3 is 2.69 bits per heavy atom. The molecule has 32 heavy (non-hydrogen) atoms. The number of aromatic nitrogens is 3. The van der Waals surface area contributed by atoms with Gasteiger partial charge in [0, 0.05) is 12.0 Å². The van der Waals surface area contributed by atoms with Gasteiger partial charge in [-0.15, -0.1) is 0 Å². The van der Waals surface area contributed by atoms with E-state index in [-0.39, 0.29) is 0 Å². The van der Waals surface area contributed by atoms with Gasteiger partial charge in [-0.1, -0.05) is 31.2 Å². The molecule has 0 bridgehead atoms. The Morgan fingerprint density at radius 1 is 1.03 bits per heavy atom. The van der Waals surface area contributed by atoms with Gasteiger partial charge in [-0.25, -0.2) is 9.97 Å². The first-order valence-corrected chi connectivity index (χ1v) is 10.9. The van der Waals surface area contributed by atoms with E-state index in [0.29, 0.717) is 18.0 Å². The van der Waals surface area contributed by atoms with E-state index in [9.17, 15) is 5.26 Å². The van der Waals surface area contributed by atoms with Crippen LogP contribution in [0.4, 0.5) is 0 Å². The first kappa shape index (κ1) is 20.0. The fraction of sp³-hybridized carbons (Fsp3) is 0.222. The molecule has 0 atom stereocenters. The quantitative estimate of drug-likeness (QED) is 0.333. The zero-order chi connectivity index (χ0) is 22.2. The molecule has 5 aromatic rings. The Morgan fingerprint density at radius 2 is 1.88 bits per heavy atom. The third-order valence-electron chi connectivity index (χ3n) is 5.85. The first-order valence-electron chi connectivity index (χ1n) is 10.9. The molecule has 0 spiro atoms. The number of rotatable bonds is 5. The maximum atomic E-state index is 9.56. The van der Waals surface area contributed by atoms with Crippen LogP contribution >= 0.6 is 0 Å². The van der Waals surface area contributed by atoms with Crippen LogP contribution in [0.25, 0.3) is 33.6 Å². The van der Waals surface area contributed by atoms with Crippen LogP contribution in [-0.4, -0.2) is 14.5 Å². The van der Waals surface area contributed by atoms with Crippen molar-refractivity contribution in [3.8, 4) is 17.5 Å². The van der Waals surface area contributed by atoms with E-state index >= 15 is 0 Å². The molecule has 0 N–H and O–H groups in total. The summed E-state index contributed by atoms with van der Waals surface area (Å²) in [6.07, 6.45) is 1.87. The number of imidazole rings is 1. The fourth-order valence-electron chi connectivity index (χ4n) is 4.25. The lowest BCUT2D eigenvalue weighted by molar-refractivity contribution is 0.620. The SMILES string of the molecule is CCCc1nc2c(C)cc(-c3nc4cc(C)ccc4o3)cc2n1Cc1ccccc1C#N. The lowest BCUT2D eigenvalue weighted by Gasteiger charge is -2.11. The molecule has 0 aliphatic heterocycles. The van der Waals surface area contributed by atoms with Crippen molar-refractivity contribution >= 4 is 22.1 Å². The number of aryl methyl sites for hydroxylation is 3. The molecule has 0 aliphatic rings. The molecule has 0 radical (unpaired) electrons. The van der Waals surface area contributed by atoms with Gasteiger partial charge in [0.15, 0.2) is 5.58 Å². The van der Waals surface area contributed by atoms with Crippen LogP contribution in [0.1, 0.15) is 41.4 Å². The number of benzene rings is 3. The van der Waals surface area contributed by atoms with Crippen LogP contribution < -0.4 is 0 Å². The molecule has 0 fully saturated rings. The second-order valence-electron chi connectivity index (χ2n) is 8.28. The van der Waals surface area contributed by atoms with Crippen molar-refractivity contribution < 1.29 is 4.42 Å². The molecule has 0 saturated heterocycles. The van der Waals surface area contributed by atoms with E-state index in [1.165, 1.54) is 0 Å². The van der Waals surface area contributed by atoms with Gasteiger partial charge in [-0.2, -0.15) is 5.26 Å². The first-order chi connectivity index (χ1) is 15.6. The monoisotopic (exact) mass is 420 g/mol. The van der Waals surface area contributed by atoms with Crippen LogP contribution in [0.2, 0.25) is 0 Å². The van der Waals surface area contributed by atoms with Gasteiger partial charge in [-0.05, 0) is 67.3 Å². The molecule has 2 heterocycles. The predicted octanol–water partition coefficient (Wildman–Crippen LogP) is 6.33. The summed E-state index contributed by atoms with van der Waals surface area (Å²) in [5.74, 6) is 1.64. The molecule has 158 valence electrons. The Kier molecular flexibility index (Phi) is 4.99. The highest BCUT2D eigenvalue weighted by Crippen LogP contribution is 2.31. The van der Waals surface area contributed by atoms with Gasteiger partial charge in [0.25, 0.3) is 0 Å². The normalized spacial score (nSPS) is 11.3. The van der Waals surface area contributed by atoms with E-state index in [4.69, 9.17) is 14.4 Å². The largest absolute Gasteiger partial charge is 0.436 e. The van der Waals surface area contributed by atoms with E-state index in [1.54, 1.807) is 0 Å². The smallest absolute Gasteiger partial charge is 0.227 e. The maximum Gasteiger partial charge on any atom is 0.227 e. The van der Waals surface area contributed by atoms with Gasteiger partial charge >= 0.3 is 0 Å². The minimum Gasteiger partial charge on any atom is -0.436 e. The van der Waals surface area contributed by atoms with E-state index < -0.39 is 0 Å². The van der Waals surface area contributed by atoms with E-state index in [0.717, 1.165) is 63.1 Å². The number of hydrogen-bond donors (Lipinski definition) is 0. The number of nitriles is 1. The van der Waals surface area contributed by atoms with Crippen LogP contribution in [0, 0.1) is 25.2 Å². The summed E-state index contributed by atoms with van der Waals surface area (Å²) in [5.41, 5.74) is 8.52. The summed E-state index contributed by atoms with van der Waals surface area (Å²) in [7, 11) is 0. The molecule has 0 unspecified atom stereocenters. The van der Waals surface area contributed by atoms with Crippen LogP contribution in [0.15, 0.2) is 59.0 Å². The van der Waals surface area contributed by atoms with Crippen molar-refractivity contribution in [3.05, 3.63) is 82.7 Å². The molecular formula is C27H24N4O. The molecule has 3 aromatic carbocycles. The highest BCUT2D eigenvalue weighted by molar-refractivity contribution is 5.86. The average molecular weight is 421 g/mol. The van der Waals surface area contributed by atoms with Gasteiger partial charge in [0.1, 0.15) is 11.3 Å². The molecule has 2 aromatic heterocycles. The Bertz CT molecular complexity index is 1500. The Labute approximate surface area is 187 Å². The van der Waals surface area contributed by atoms with Crippen LogP contribution in [-0.2, 0) is 13.0 Å². The topological polar surface area (TPSA) is 67.6 Å². The molecule has 0 saturated carbocycles. The standard InChI is InChI=1S/C27H24N4O/c1-4-7-25-30-26-18(3)13-21(27-29-22-12-17(2)10-11-24(22)32-27)14-23(26)31(25)16-20-9-6-5-8-19(20)15-28/h5-6,8-14H,4,7,16H2,1-3H3. The van der Waals surface area contributed by atoms with Crippen LogP contribution in [0.3, 0.4) is 0 Å². The lowest BCUT2D eigenvalue weighted by atomic mass is 10.1. The molecule has 5 rings (SSSR count). The second kappa shape index (κ2) is 7.97. The highest BCUT2D eigenvalue weighted by Gasteiger charge is 2.17. The van der Waals surface area contributed by atoms with Gasteiger partial charge in [0.2, 0.25) is 5.89 Å². The molecule has 0 amide bonds. The third kappa shape index (κ3) is 3.44. The summed E-state index contributed by atoms with van der Waals surface area (Å²) < 4.78 is 8.31. The Balaban J connectivity index is 1.69. The summed E-state index contributed by atoms with van der Waals surface area (Å²) in [4.78, 5) is 9.71. The number of fused-ring (bicyclic) bond motifs is 2. The van der Waals surface area contributed by atoms with Gasteiger partial charge in [0.05, 0.1) is 29.2 Å². The fourth-order valence-corrected chi connectivity index (χ4v) is 4.25. The van der Waals surface area contributed by atoms with Crippen molar-refractivity contribution in [1.82, 2.24) is 14.5 Å². The van der Waals surface area contributed by atoms with Crippen molar-refractivity contribution in [3.63, 3.8) is 0 Å². The van der Waals surface area contributed by atoms with Crippen molar-refractivity contribution in [2.45, 2.75) is 40.2 Å². The maximum absolute atomic E-state index is 9.56. The summed E-state index contributed by atoms with van der Waals surface area (Å²) >= 11 is 0. The minimum atomic E-state index is 0.602. The zero-order valence-corrected chi connectivity index (χ0v) is 18.5. The summed E-state index contributed by atoms with van der Waals surface area (Å²) in [6.45, 7) is 6.89. The number of hydrogen-bond acceptors (Lipinski definition) is 4. The molecule has 5 nitrogen and oxygen atoms in total. The van der Waals surface area contributed by atoms with Crippen molar-refractivity contribution in [2.75, 3.05) is 0 Å². The average Bonchev–Trinajstić information content (AvgIpc) is 3.36. The van der Waals surface area contributed by atoms with Crippen molar-refractivity contribution in [2.24, 2.45) is 0 Å². The zero-order valence-electron chi connectivity index (χ0n) is 18.5. The van der Waals surface area contributed by atoms with Gasteiger partial charge in [-0.3, -0.25) is 0 Å². The van der Waals surface area contributed by atoms with E-state index in [2.05, 4.69) is 43.5 Å². The van der Waals surface area contributed by atoms with Crippen LogP contribution in [0.5, 0.6) is 0 Å². The third-order valence-corrected chi connectivity index (χ3v) is 5.85. The van der Waals surface area contributed by atoms with E-state index in [1.807, 2.05) is 42.5 Å². The molecule has 5 heteroatoms. The summed E-state index contributed by atoms with van der Waals surface area (Å²) in [5, 5.41) is 9.56. The predicted molar refractivity (Wildman–Crippen MR) is 126 cm³/mol. The highest BCUT2D eigenvalue weighted by atomic mass is 16.3. The summed E-state index contributed by atoms with van der Waals surface area (Å²) in [6, 6.07) is 20.3. The Hall–Kier alpha value is -3.91. The number of nitrogens with zero attached hydrogens (tertiary/aromatic N) is 4. The van der Waals surface area contributed by atoms with Crippen molar-refractivity contribution in [1.29, 1.82) is 5.26 Å². The second-order valence-corrected chi connectivity index (χ2v) is 8.28. The molecular weight excluding hydrogens is 396 g/mol. The lowest BCUT2D eigenvalue weighted by Crippen LogP contribution is -2.06. The van der Waals surface area contributed by atoms with Gasteiger partial charge < -0.3 is 8.98 Å². The minimum absolute atomic E-state index is 0.602.